The van der Waals surface area contributed by atoms with Crippen LogP contribution in [-0.2, 0) is 11.2 Å². The zero-order valence-corrected chi connectivity index (χ0v) is 16.9. The molecule has 0 fully saturated rings. The predicted molar refractivity (Wildman–Crippen MR) is 116 cm³/mol. The van der Waals surface area contributed by atoms with Crippen molar-refractivity contribution in [1.29, 1.82) is 0 Å². The predicted octanol–water partition coefficient (Wildman–Crippen LogP) is 6.68. The van der Waals surface area contributed by atoms with Gasteiger partial charge < -0.3 is 14.5 Å². The fourth-order valence-corrected chi connectivity index (χ4v) is 3.60. The van der Waals surface area contributed by atoms with Gasteiger partial charge in [0.25, 0.3) is 0 Å². The lowest BCUT2D eigenvalue weighted by molar-refractivity contribution is -0.115. The fraction of sp³-hybridized carbons (Fsp3) is 0.125. The van der Waals surface area contributed by atoms with E-state index in [1.807, 2.05) is 50.2 Å². The van der Waals surface area contributed by atoms with Crippen LogP contribution in [0.4, 0.5) is 5.69 Å². The van der Waals surface area contributed by atoms with E-state index in [0.717, 1.165) is 27.7 Å². The summed E-state index contributed by atoms with van der Waals surface area (Å²) in [5.74, 6) is 1.03. The van der Waals surface area contributed by atoms with Gasteiger partial charge in [-0.05, 0) is 61.4 Å². The number of benzene rings is 3. The van der Waals surface area contributed by atoms with Crippen molar-refractivity contribution in [3.8, 4) is 11.5 Å². The number of fused-ring (bicyclic) bond motifs is 1. The van der Waals surface area contributed by atoms with Crippen LogP contribution in [0.25, 0.3) is 11.0 Å². The third-order valence-electron chi connectivity index (χ3n) is 4.63. The molecule has 4 rings (SSSR count). The number of aryl methyl sites for hydroxylation is 2. The van der Waals surface area contributed by atoms with Gasteiger partial charge in [0.15, 0.2) is 5.75 Å². The molecule has 5 heteroatoms. The first-order valence-corrected chi connectivity index (χ1v) is 9.67. The van der Waals surface area contributed by atoms with Gasteiger partial charge in [0.1, 0.15) is 11.3 Å². The van der Waals surface area contributed by atoms with E-state index < -0.39 is 0 Å². The second-order valence-corrected chi connectivity index (χ2v) is 7.43. The second kappa shape index (κ2) is 8.02. The van der Waals surface area contributed by atoms with Gasteiger partial charge in [-0.15, -0.1) is 0 Å². The van der Waals surface area contributed by atoms with Crippen LogP contribution < -0.4 is 10.1 Å². The minimum atomic E-state index is -0.173. The Labute approximate surface area is 174 Å². The Morgan fingerprint density at radius 3 is 2.66 bits per heavy atom. The van der Waals surface area contributed by atoms with E-state index in [4.69, 9.17) is 20.8 Å². The fourth-order valence-electron chi connectivity index (χ4n) is 3.43. The van der Waals surface area contributed by atoms with Crippen molar-refractivity contribution in [2.45, 2.75) is 20.3 Å². The Morgan fingerprint density at radius 2 is 1.86 bits per heavy atom. The van der Waals surface area contributed by atoms with E-state index in [9.17, 15) is 4.79 Å². The lowest BCUT2D eigenvalue weighted by Gasteiger charge is -2.13. The number of carbonyl (C=O) groups excluding carboxylic acids is 1. The zero-order valence-electron chi connectivity index (χ0n) is 16.2. The van der Waals surface area contributed by atoms with E-state index >= 15 is 0 Å². The monoisotopic (exact) mass is 405 g/mol. The van der Waals surface area contributed by atoms with Crippen molar-refractivity contribution in [2.24, 2.45) is 0 Å². The molecule has 1 heterocycles. The number of amides is 1. The molecule has 1 amide bonds. The maximum atomic E-state index is 12.8. The van der Waals surface area contributed by atoms with Crippen LogP contribution >= 0.6 is 11.6 Å². The summed E-state index contributed by atoms with van der Waals surface area (Å²) in [7, 11) is 0. The van der Waals surface area contributed by atoms with E-state index in [0.29, 0.717) is 22.2 Å². The number of rotatable bonds is 5. The van der Waals surface area contributed by atoms with Crippen LogP contribution in [0.2, 0.25) is 5.02 Å². The highest BCUT2D eigenvalue weighted by Gasteiger charge is 2.15. The Kier molecular flexibility index (Phi) is 5.28. The third-order valence-corrected chi connectivity index (χ3v) is 4.87. The van der Waals surface area contributed by atoms with Gasteiger partial charge in [-0.3, -0.25) is 4.79 Å². The van der Waals surface area contributed by atoms with Gasteiger partial charge in [0.05, 0.1) is 18.4 Å². The Balaban J connectivity index is 1.57. The highest BCUT2D eigenvalue weighted by molar-refractivity contribution is 6.31. The summed E-state index contributed by atoms with van der Waals surface area (Å²) in [4.78, 5) is 12.8. The average Bonchev–Trinajstić information content (AvgIpc) is 3.07. The Hall–Kier alpha value is -3.24. The number of nitrogens with one attached hydrogen (secondary N) is 1. The molecule has 1 aromatic heterocycles. The molecule has 4 aromatic rings. The summed E-state index contributed by atoms with van der Waals surface area (Å²) < 4.78 is 11.6. The Morgan fingerprint density at radius 1 is 1.07 bits per heavy atom. The molecule has 0 radical (unpaired) electrons. The van der Waals surface area contributed by atoms with Crippen LogP contribution in [0.5, 0.6) is 11.5 Å². The molecule has 3 aromatic carbocycles. The smallest absolute Gasteiger partial charge is 0.229 e. The molecule has 0 aliphatic heterocycles. The molecule has 146 valence electrons. The molecule has 0 aliphatic carbocycles. The zero-order chi connectivity index (χ0) is 20.4. The summed E-state index contributed by atoms with van der Waals surface area (Å²) in [6.45, 7) is 4.05. The first kappa shape index (κ1) is 19.1. The highest BCUT2D eigenvalue weighted by atomic mass is 35.5. The second-order valence-electron chi connectivity index (χ2n) is 7.00. The highest BCUT2D eigenvalue weighted by Crippen LogP contribution is 2.32. The van der Waals surface area contributed by atoms with Crippen LogP contribution in [0.15, 0.2) is 71.3 Å². The molecule has 0 saturated heterocycles. The molecule has 29 heavy (non-hydrogen) atoms. The number of carbonyl (C=O) groups is 1. The normalized spacial score (nSPS) is 10.9. The standard InChI is InChI=1S/C24H20ClNO3/c1-15-10-16(2)24-17(14-28-22(24)11-15)12-23(27)26-20-13-18(25)8-9-21(20)29-19-6-4-3-5-7-19/h3-11,13-14H,12H2,1-2H3,(H,26,27). The first-order chi connectivity index (χ1) is 14.0. The average molecular weight is 406 g/mol. The lowest BCUT2D eigenvalue weighted by Crippen LogP contribution is -2.15. The number of para-hydroxylation sites is 1. The van der Waals surface area contributed by atoms with Crippen molar-refractivity contribution in [3.63, 3.8) is 0 Å². The SMILES string of the molecule is Cc1cc(C)c2c(CC(=O)Nc3cc(Cl)ccc3Oc3ccccc3)coc2c1. The van der Waals surface area contributed by atoms with Crippen LogP contribution in [0.3, 0.4) is 0 Å². The van der Waals surface area contributed by atoms with Crippen LogP contribution in [-0.4, -0.2) is 5.91 Å². The minimum Gasteiger partial charge on any atom is -0.464 e. The quantitative estimate of drug-likeness (QED) is 0.403. The molecular weight excluding hydrogens is 386 g/mol. The molecule has 0 aliphatic rings. The minimum absolute atomic E-state index is 0.173. The van der Waals surface area contributed by atoms with Gasteiger partial charge in [-0.25, -0.2) is 0 Å². The van der Waals surface area contributed by atoms with Crippen molar-refractivity contribution in [2.75, 3.05) is 5.32 Å². The molecule has 0 saturated carbocycles. The number of ether oxygens (including phenoxy) is 1. The number of anilines is 1. The van der Waals surface area contributed by atoms with Gasteiger partial charge >= 0.3 is 0 Å². The molecule has 1 N–H and O–H groups in total. The lowest BCUT2D eigenvalue weighted by atomic mass is 10.0. The van der Waals surface area contributed by atoms with E-state index in [2.05, 4.69) is 11.4 Å². The number of furan rings is 1. The summed E-state index contributed by atoms with van der Waals surface area (Å²) in [5.41, 5.74) is 4.38. The van der Waals surface area contributed by atoms with Crippen LogP contribution in [0.1, 0.15) is 16.7 Å². The van der Waals surface area contributed by atoms with E-state index in [1.54, 1.807) is 24.5 Å². The van der Waals surface area contributed by atoms with Gasteiger partial charge in [-0.2, -0.15) is 0 Å². The number of hydrogen-bond donors (Lipinski definition) is 1. The Bertz CT molecular complexity index is 1180. The van der Waals surface area contributed by atoms with Crippen LogP contribution in [0, 0.1) is 13.8 Å². The van der Waals surface area contributed by atoms with E-state index in [1.165, 1.54) is 0 Å². The summed E-state index contributed by atoms with van der Waals surface area (Å²) in [5, 5.41) is 4.41. The molecule has 0 unspecified atom stereocenters. The van der Waals surface area contributed by atoms with Crippen molar-refractivity contribution < 1.29 is 13.9 Å². The largest absolute Gasteiger partial charge is 0.464 e. The van der Waals surface area contributed by atoms with Crippen molar-refractivity contribution in [1.82, 2.24) is 0 Å². The summed E-state index contributed by atoms with van der Waals surface area (Å²) in [6, 6.07) is 18.6. The molecule has 0 spiro atoms. The third kappa shape index (κ3) is 4.28. The maximum Gasteiger partial charge on any atom is 0.229 e. The maximum absolute atomic E-state index is 12.8. The van der Waals surface area contributed by atoms with E-state index in [-0.39, 0.29) is 12.3 Å². The molecular formula is C24H20ClNO3. The first-order valence-electron chi connectivity index (χ1n) is 9.29. The molecule has 4 nitrogen and oxygen atoms in total. The van der Waals surface area contributed by atoms with Gasteiger partial charge in [0, 0.05) is 16.0 Å². The van der Waals surface area contributed by atoms with Gasteiger partial charge in [0.2, 0.25) is 5.91 Å². The summed E-state index contributed by atoms with van der Waals surface area (Å²) >= 11 is 6.14. The number of hydrogen-bond acceptors (Lipinski definition) is 3. The van der Waals surface area contributed by atoms with Crippen molar-refractivity contribution in [3.05, 3.63) is 88.6 Å². The topological polar surface area (TPSA) is 51.5 Å². The van der Waals surface area contributed by atoms with Gasteiger partial charge in [-0.1, -0.05) is 35.9 Å². The molecule has 0 atom stereocenters. The summed E-state index contributed by atoms with van der Waals surface area (Å²) in [6.07, 6.45) is 1.84. The molecule has 0 bridgehead atoms. The number of halogens is 1. The van der Waals surface area contributed by atoms with Crippen molar-refractivity contribution >= 4 is 34.2 Å².